The van der Waals surface area contributed by atoms with Crippen molar-refractivity contribution in [2.75, 3.05) is 0 Å². The third-order valence-electron chi connectivity index (χ3n) is 2.42. The van der Waals surface area contributed by atoms with Crippen LogP contribution in [0.4, 0.5) is 0 Å². The number of hydrogen-bond donors (Lipinski definition) is 0. The SMILES string of the molecule is CC(Cl)P(c1ccccc1)c1ccccc1. The predicted octanol–water partition coefficient (Wildman–Crippen LogP) is 3.70. The highest BCUT2D eigenvalue weighted by Crippen LogP contribution is 2.40. The van der Waals surface area contributed by atoms with Gasteiger partial charge in [0, 0.05) is 0 Å². The molecule has 2 aromatic carbocycles. The van der Waals surface area contributed by atoms with E-state index < -0.39 is 7.92 Å². The van der Waals surface area contributed by atoms with E-state index in [0.29, 0.717) is 0 Å². The summed E-state index contributed by atoms with van der Waals surface area (Å²) in [7, 11) is -0.444. The molecule has 0 aliphatic rings. The fourth-order valence-corrected chi connectivity index (χ4v) is 4.52. The van der Waals surface area contributed by atoms with E-state index in [0.717, 1.165) is 0 Å². The predicted molar refractivity (Wildman–Crippen MR) is 74.4 cm³/mol. The first kappa shape index (κ1) is 11.6. The molecule has 0 aliphatic carbocycles. The topological polar surface area (TPSA) is 0 Å². The third kappa shape index (κ3) is 2.64. The van der Waals surface area contributed by atoms with Crippen molar-refractivity contribution in [2.45, 2.75) is 12.0 Å². The van der Waals surface area contributed by atoms with Crippen LogP contribution < -0.4 is 10.6 Å². The second-order valence-corrected chi connectivity index (χ2v) is 7.12. The molecule has 0 saturated carbocycles. The molecule has 0 nitrogen and oxygen atoms in total. The summed E-state index contributed by atoms with van der Waals surface area (Å²) in [6.07, 6.45) is 0. The van der Waals surface area contributed by atoms with Crippen molar-refractivity contribution in [3.63, 3.8) is 0 Å². The number of alkyl halides is 1. The van der Waals surface area contributed by atoms with Crippen molar-refractivity contribution in [3.8, 4) is 0 Å². The summed E-state index contributed by atoms with van der Waals surface area (Å²) in [5.41, 5.74) is 0. The van der Waals surface area contributed by atoms with E-state index in [1.54, 1.807) is 0 Å². The summed E-state index contributed by atoms with van der Waals surface area (Å²) in [5.74, 6) is 0. The van der Waals surface area contributed by atoms with Crippen LogP contribution in [0.3, 0.4) is 0 Å². The minimum Gasteiger partial charge on any atom is -0.118 e. The van der Waals surface area contributed by atoms with Gasteiger partial charge in [-0.25, -0.2) is 0 Å². The van der Waals surface area contributed by atoms with Gasteiger partial charge in [0.1, 0.15) is 0 Å². The molecule has 0 bridgehead atoms. The van der Waals surface area contributed by atoms with Gasteiger partial charge in [0.15, 0.2) is 0 Å². The molecule has 1 atom stereocenters. The monoisotopic (exact) mass is 248 g/mol. The van der Waals surface area contributed by atoms with Crippen molar-refractivity contribution in [3.05, 3.63) is 60.7 Å². The first-order valence-electron chi connectivity index (χ1n) is 5.32. The summed E-state index contributed by atoms with van der Waals surface area (Å²) in [5, 5.41) is 2.83. The molecule has 82 valence electrons. The Balaban J connectivity index is 2.40. The van der Waals surface area contributed by atoms with Gasteiger partial charge < -0.3 is 0 Å². The van der Waals surface area contributed by atoms with Gasteiger partial charge in [-0.1, -0.05) is 60.7 Å². The van der Waals surface area contributed by atoms with Gasteiger partial charge in [-0.3, -0.25) is 0 Å². The molecule has 0 fully saturated rings. The van der Waals surface area contributed by atoms with Gasteiger partial charge in [-0.05, 0) is 25.5 Å². The molecule has 0 spiro atoms. The summed E-state index contributed by atoms with van der Waals surface area (Å²) < 4.78 is 0. The lowest BCUT2D eigenvalue weighted by molar-refractivity contribution is 1.39. The van der Waals surface area contributed by atoms with Crippen molar-refractivity contribution >= 4 is 30.1 Å². The minimum absolute atomic E-state index is 0.153. The van der Waals surface area contributed by atoms with Crippen LogP contribution in [0.25, 0.3) is 0 Å². The molecule has 0 aliphatic heterocycles. The molecule has 1 unspecified atom stereocenters. The van der Waals surface area contributed by atoms with E-state index in [1.807, 2.05) is 12.1 Å². The van der Waals surface area contributed by atoms with Gasteiger partial charge >= 0.3 is 0 Å². The zero-order valence-electron chi connectivity index (χ0n) is 9.18. The smallest absolute Gasteiger partial charge is 0.0587 e. The average molecular weight is 249 g/mol. The Morgan fingerprint density at radius 2 is 1.19 bits per heavy atom. The van der Waals surface area contributed by atoms with Crippen LogP contribution in [-0.2, 0) is 0 Å². The molecule has 0 saturated heterocycles. The lowest BCUT2D eigenvalue weighted by atomic mass is 10.4. The zero-order valence-corrected chi connectivity index (χ0v) is 10.8. The minimum atomic E-state index is -0.444. The fraction of sp³-hybridized carbons (Fsp3) is 0.143. The first-order valence-corrected chi connectivity index (χ1v) is 7.17. The van der Waals surface area contributed by atoms with Crippen LogP contribution in [0.5, 0.6) is 0 Å². The van der Waals surface area contributed by atoms with E-state index in [1.165, 1.54) is 10.6 Å². The van der Waals surface area contributed by atoms with Crippen molar-refractivity contribution < 1.29 is 0 Å². The van der Waals surface area contributed by atoms with Crippen molar-refractivity contribution in [1.29, 1.82) is 0 Å². The Kier molecular flexibility index (Phi) is 3.98. The normalized spacial score (nSPS) is 12.7. The van der Waals surface area contributed by atoms with Crippen LogP contribution in [0, 0.1) is 0 Å². The highest BCUT2D eigenvalue weighted by atomic mass is 35.5. The van der Waals surface area contributed by atoms with Crippen LogP contribution in [0.2, 0.25) is 0 Å². The molecule has 2 rings (SSSR count). The molecular formula is C14H14ClP. The zero-order chi connectivity index (χ0) is 11.4. The van der Waals surface area contributed by atoms with Crippen LogP contribution in [0.15, 0.2) is 60.7 Å². The summed E-state index contributed by atoms with van der Waals surface area (Å²) in [6, 6.07) is 21.0. The standard InChI is InChI=1S/C14H14ClP/c1-12(15)16(13-8-4-2-5-9-13)14-10-6-3-7-11-14/h2-12H,1H3. The quantitative estimate of drug-likeness (QED) is 0.574. The maximum absolute atomic E-state index is 6.34. The number of halogens is 1. The van der Waals surface area contributed by atoms with Gasteiger partial charge in [-0.2, -0.15) is 0 Å². The van der Waals surface area contributed by atoms with Gasteiger partial charge in [-0.15, -0.1) is 11.6 Å². The molecular weight excluding hydrogens is 235 g/mol. The largest absolute Gasteiger partial charge is 0.118 e. The van der Waals surface area contributed by atoms with E-state index in [-0.39, 0.29) is 5.12 Å². The van der Waals surface area contributed by atoms with E-state index >= 15 is 0 Å². The Bertz CT molecular complexity index is 386. The maximum atomic E-state index is 6.34. The molecule has 0 heterocycles. The van der Waals surface area contributed by atoms with Gasteiger partial charge in [0.05, 0.1) is 5.12 Å². The Morgan fingerprint density at radius 3 is 1.50 bits per heavy atom. The van der Waals surface area contributed by atoms with Crippen LogP contribution in [-0.4, -0.2) is 5.12 Å². The Hall–Kier alpha value is -0.840. The highest BCUT2D eigenvalue weighted by Gasteiger charge is 2.18. The van der Waals surface area contributed by atoms with Gasteiger partial charge in [0.2, 0.25) is 0 Å². The molecule has 0 radical (unpaired) electrons. The molecule has 0 N–H and O–H groups in total. The Morgan fingerprint density at radius 1 is 0.812 bits per heavy atom. The van der Waals surface area contributed by atoms with E-state index in [2.05, 4.69) is 55.5 Å². The van der Waals surface area contributed by atoms with Crippen molar-refractivity contribution in [2.24, 2.45) is 0 Å². The number of hydrogen-bond acceptors (Lipinski definition) is 0. The third-order valence-corrected chi connectivity index (χ3v) is 5.43. The number of rotatable bonds is 3. The summed E-state index contributed by atoms with van der Waals surface area (Å²) in [6.45, 7) is 2.08. The Labute approximate surface area is 103 Å². The van der Waals surface area contributed by atoms with Crippen LogP contribution in [0.1, 0.15) is 6.92 Å². The first-order chi connectivity index (χ1) is 7.79. The molecule has 2 aromatic rings. The lowest BCUT2D eigenvalue weighted by Crippen LogP contribution is -2.16. The molecule has 0 aromatic heterocycles. The molecule has 16 heavy (non-hydrogen) atoms. The molecule has 0 amide bonds. The van der Waals surface area contributed by atoms with E-state index in [9.17, 15) is 0 Å². The second-order valence-electron chi connectivity index (χ2n) is 3.62. The lowest BCUT2D eigenvalue weighted by Gasteiger charge is -2.20. The second kappa shape index (κ2) is 5.48. The summed E-state index contributed by atoms with van der Waals surface area (Å²) >= 11 is 6.34. The van der Waals surface area contributed by atoms with Gasteiger partial charge in [0.25, 0.3) is 0 Å². The summed E-state index contributed by atoms with van der Waals surface area (Å²) in [4.78, 5) is 0. The van der Waals surface area contributed by atoms with Crippen molar-refractivity contribution in [1.82, 2.24) is 0 Å². The maximum Gasteiger partial charge on any atom is 0.0587 e. The fourth-order valence-electron chi connectivity index (χ4n) is 1.74. The molecule has 2 heteroatoms. The van der Waals surface area contributed by atoms with E-state index in [4.69, 9.17) is 11.6 Å². The average Bonchev–Trinajstić information content (AvgIpc) is 2.31. The van der Waals surface area contributed by atoms with Crippen LogP contribution >= 0.6 is 19.5 Å². The number of benzene rings is 2. The highest BCUT2D eigenvalue weighted by molar-refractivity contribution is 7.75.